The molecule has 0 spiro atoms. The maximum absolute atomic E-state index is 12.4. The van der Waals surface area contributed by atoms with Gasteiger partial charge in [-0.05, 0) is 6.42 Å². The molecule has 0 amide bonds. The van der Waals surface area contributed by atoms with Crippen molar-refractivity contribution in [2.45, 2.75) is 18.4 Å². The van der Waals surface area contributed by atoms with Gasteiger partial charge >= 0.3 is 11.9 Å². The van der Waals surface area contributed by atoms with E-state index in [2.05, 4.69) is 4.74 Å². The largest absolute Gasteiger partial charge is 0.477 e. The molecule has 76 valence electrons. The first-order valence-electron chi connectivity index (χ1n) is 3.83. The summed E-state index contributed by atoms with van der Waals surface area (Å²) in [5, 5.41) is 8.05. The molecule has 0 bridgehead atoms. The van der Waals surface area contributed by atoms with Crippen LogP contribution in [0.3, 0.4) is 0 Å². The number of hydrogen-bond donors (Lipinski definition) is 1. The molecule has 1 heterocycles. The van der Waals surface area contributed by atoms with Gasteiger partial charge in [0.1, 0.15) is 6.61 Å². The van der Waals surface area contributed by atoms with Crippen molar-refractivity contribution in [1.82, 2.24) is 0 Å². The fourth-order valence-electron chi connectivity index (χ4n) is 0.929. The van der Waals surface area contributed by atoms with Crippen molar-refractivity contribution < 1.29 is 28.2 Å². The van der Waals surface area contributed by atoms with E-state index in [1.165, 1.54) is 0 Å². The molecule has 6 heteroatoms. The summed E-state index contributed by atoms with van der Waals surface area (Å²) in [7, 11) is 0. The standard InChI is InChI=1S/C7H10F2O4/c8-7(9,6(10)11)4-13-5-1-2-12-3-5/h5H,1-4H2,(H,10,11). The zero-order chi connectivity index (χ0) is 9.90. The van der Waals surface area contributed by atoms with Crippen LogP contribution in [-0.2, 0) is 14.3 Å². The summed E-state index contributed by atoms with van der Waals surface area (Å²) in [6.07, 6.45) is 0.139. The second-order valence-corrected chi connectivity index (χ2v) is 2.81. The van der Waals surface area contributed by atoms with E-state index in [1.807, 2.05) is 0 Å². The number of alkyl halides is 2. The number of ether oxygens (including phenoxy) is 2. The molecule has 4 nitrogen and oxygen atoms in total. The highest BCUT2D eigenvalue weighted by Gasteiger charge is 2.40. The predicted molar refractivity (Wildman–Crippen MR) is 37.8 cm³/mol. The molecule has 13 heavy (non-hydrogen) atoms. The van der Waals surface area contributed by atoms with E-state index in [-0.39, 0.29) is 6.61 Å². The highest BCUT2D eigenvalue weighted by Crippen LogP contribution is 2.17. The van der Waals surface area contributed by atoms with Gasteiger partial charge < -0.3 is 14.6 Å². The molecule has 1 atom stereocenters. The second-order valence-electron chi connectivity index (χ2n) is 2.81. The Morgan fingerprint density at radius 2 is 2.38 bits per heavy atom. The summed E-state index contributed by atoms with van der Waals surface area (Å²) >= 11 is 0. The Morgan fingerprint density at radius 3 is 2.85 bits per heavy atom. The van der Waals surface area contributed by atoms with Crippen LogP contribution in [0.1, 0.15) is 6.42 Å². The molecule has 1 aliphatic rings. The van der Waals surface area contributed by atoms with Crippen LogP contribution >= 0.6 is 0 Å². The normalized spacial score (nSPS) is 23.4. The van der Waals surface area contributed by atoms with E-state index in [0.717, 1.165) is 0 Å². The number of aliphatic carboxylic acids is 1. The van der Waals surface area contributed by atoms with Gasteiger partial charge in [-0.25, -0.2) is 4.79 Å². The molecular formula is C7H10F2O4. The van der Waals surface area contributed by atoms with Crippen molar-refractivity contribution in [3.8, 4) is 0 Å². The Bertz CT molecular complexity index is 189. The topological polar surface area (TPSA) is 55.8 Å². The van der Waals surface area contributed by atoms with Crippen LogP contribution in [0, 0.1) is 0 Å². The lowest BCUT2D eigenvalue weighted by atomic mass is 10.3. The van der Waals surface area contributed by atoms with Crippen molar-refractivity contribution in [2.75, 3.05) is 19.8 Å². The molecule has 1 unspecified atom stereocenters. The SMILES string of the molecule is O=C(O)C(F)(F)COC1CCOC1. The van der Waals surface area contributed by atoms with Gasteiger partial charge in [0.25, 0.3) is 0 Å². The minimum atomic E-state index is -3.80. The maximum atomic E-state index is 12.4. The van der Waals surface area contributed by atoms with Crippen LogP contribution < -0.4 is 0 Å². The first kappa shape index (κ1) is 10.3. The number of rotatable bonds is 4. The average molecular weight is 196 g/mol. The van der Waals surface area contributed by atoms with Crippen LogP contribution in [-0.4, -0.2) is 42.9 Å². The summed E-state index contributed by atoms with van der Waals surface area (Å²) in [5.74, 6) is -5.96. The Kier molecular flexibility index (Phi) is 3.16. The fraction of sp³-hybridized carbons (Fsp3) is 0.857. The van der Waals surface area contributed by atoms with Gasteiger partial charge in [0, 0.05) is 6.61 Å². The molecule has 0 saturated carbocycles. The summed E-state index contributed by atoms with van der Waals surface area (Å²) < 4.78 is 34.4. The number of carboxylic acid groups (broad SMARTS) is 1. The third-order valence-electron chi connectivity index (χ3n) is 1.70. The molecular weight excluding hydrogens is 186 g/mol. The van der Waals surface area contributed by atoms with E-state index < -0.39 is 24.6 Å². The van der Waals surface area contributed by atoms with Gasteiger partial charge in [-0.2, -0.15) is 8.78 Å². The molecule has 0 aliphatic carbocycles. The average Bonchev–Trinajstić information content (AvgIpc) is 2.52. The van der Waals surface area contributed by atoms with Gasteiger partial charge in [0.2, 0.25) is 0 Å². The second kappa shape index (κ2) is 3.97. The van der Waals surface area contributed by atoms with E-state index >= 15 is 0 Å². The van der Waals surface area contributed by atoms with Gasteiger partial charge in [0.05, 0.1) is 12.7 Å². The zero-order valence-electron chi connectivity index (χ0n) is 6.83. The number of carboxylic acids is 1. The quantitative estimate of drug-likeness (QED) is 0.711. The highest BCUT2D eigenvalue weighted by molar-refractivity contribution is 5.75. The minimum Gasteiger partial charge on any atom is -0.477 e. The summed E-state index contributed by atoms with van der Waals surface area (Å²) in [5.41, 5.74) is 0. The lowest BCUT2D eigenvalue weighted by molar-refractivity contribution is -0.176. The van der Waals surface area contributed by atoms with Crippen LogP contribution in [0.15, 0.2) is 0 Å². The molecule has 0 aromatic carbocycles. The molecule has 1 aliphatic heterocycles. The Hall–Kier alpha value is -0.750. The summed E-state index contributed by atoms with van der Waals surface area (Å²) in [6, 6.07) is 0. The molecule has 1 saturated heterocycles. The van der Waals surface area contributed by atoms with Crippen molar-refractivity contribution in [3.63, 3.8) is 0 Å². The number of halogens is 2. The Labute approximate surface area is 73.4 Å². The van der Waals surface area contributed by atoms with Crippen LogP contribution in [0.5, 0.6) is 0 Å². The molecule has 0 radical (unpaired) electrons. The van der Waals surface area contributed by atoms with Crippen molar-refractivity contribution in [3.05, 3.63) is 0 Å². The molecule has 0 aromatic heterocycles. The molecule has 1 fully saturated rings. The molecule has 1 rings (SSSR count). The van der Waals surface area contributed by atoms with Gasteiger partial charge in [-0.15, -0.1) is 0 Å². The number of hydrogen-bond acceptors (Lipinski definition) is 3. The predicted octanol–water partition coefficient (Wildman–Crippen LogP) is 0.512. The monoisotopic (exact) mass is 196 g/mol. The van der Waals surface area contributed by atoms with Crippen molar-refractivity contribution >= 4 is 5.97 Å². The van der Waals surface area contributed by atoms with Gasteiger partial charge in [0.15, 0.2) is 0 Å². The van der Waals surface area contributed by atoms with Crippen LogP contribution in [0.4, 0.5) is 8.78 Å². The Balaban J connectivity index is 2.28. The highest BCUT2D eigenvalue weighted by atomic mass is 19.3. The number of carbonyl (C=O) groups is 1. The first-order chi connectivity index (χ1) is 6.02. The van der Waals surface area contributed by atoms with Crippen molar-refractivity contribution in [2.24, 2.45) is 0 Å². The first-order valence-corrected chi connectivity index (χ1v) is 3.83. The molecule has 1 N–H and O–H groups in total. The van der Waals surface area contributed by atoms with E-state index in [4.69, 9.17) is 9.84 Å². The third-order valence-corrected chi connectivity index (χ3v) is 1.70. The van der Waals surface area contributed by atoms with Gasteiger partial charge in [-0.3, -0.25) is 0 Å². The summed E-state index contributed by atoms with van der Waals surface area (Å²) in [6.45, 7) is -0.352. The van der Waals surface area contributed by atoms with E-state index in [9.17, 15) is 13.6 Å². The van der Waals surface area contributed by atoms with Gasteiger partial charge in [-0.1, -0.05) is 0 Å². The third kappa shape index (κ3) is 2.89. The lowest BCUT2D eigenvalue weighted by Gasteiger charge is -2.14. The Morgan fingerprint density at radius 1 is 1.69 bits per heavy atom. The fourth-order valence-corrected chi connectivity index (χ4v) is 0.929. The summed E-state index contributed by atoms with van der Waals surface area (Å²) in [4.78, 5) is 9.96. The lowest BCUT2D eigenvalue weighted by Crippen LogP contribution is -2.35. The zero-order valence-corrected chi connectivity index (χ0v) is 6.83. The smallest absolute Gasteiger partial charge is 0.377 e. The van der Waals surface area contributed by atoms with Crippen LogP contribution in [0.2, 0.25) is 0 Å². The van der Waals surface area contributed by atoms with Crippen molar-refractivity contribution in [1.29, 1.82) is 0 Å². The van der Waals surface area contributed by atoms with E-state index in [1.54, 1.807) is 0 Å². The minimum absolute atomic E-state index is 0.260. The van der Waals surface area contributed by atoms with Crippen LogP contribution in [0.25, 0.3) is 0 Å². The molecule has 0 aromatic rings. The maximum Gasteiger partial charge on any atom is 0.377 e. The van der Waals surface area contributed by atoms with E-state index in [0.29, 0.717) is 13.0 Å².